The summed E-state index contributed by atoms with van der Waals surface area (Å²) in [5, 5.41) is 14.4. The van der Waals surface area contributed by atoms with Crippen LogP contribution in [0.2, 0.25) is 0 Å². The van der Waals surface area contributed by atoms with E-state index in [1.54, 1.807) is 37.3 Å². The highest BCUT2D eigenvalue weighted by Gasteiger charge is 2.14. The van der Waals surface area contributed by atoms with E-state index in [1.807, 2.05) is 55.5 Å². The Morgan fingerprint density at radius 1 is 0.967 bits per heavy atom. The number of benzene rings is 3. The number of rotatable bonds is 4. The first-order chi connectivity index (χ1) is 14.5. The van der Waals surface area contributed by atoms with Crippen LogP contribution in [0.15, 0.2) is 84.0 Å². The number of phenolic OH excluding ortho intramolecular Hbond substituents is 1. The van der Waals surface area contributed by atoms with E-state index in [0.29, 0.717) is 11.3 Å². The lowest BCUT2D eigenvalue weighted by Gasteiger charge is -2.10. The average molecular weight is 395 g/mol. The molecule has 0 aliphatic heterocycles. The molecule has 0 radical (unpaired) electrons. The van der Waals surface area contributed by atoms with Crippen LogP contribution in [0.3, 0.4) is 0 Å². The van der Waals surface area contributed by atoms with Crippen LogP contribution >= 0.6 is 0 Å². The van der Waals surface area contributed by atoms with Crippen LogP contribution in [-0.4, -0.2) is 21.7 Å². The van der Waals surface area contributed by atoms with Crippen molar-refractivity contribution in [3.05, 3.63) is 95.6 Å². The van der Waals surface area contributed by atoms with Crippen molar-refractivity contribution in [3.63, 3.8) is 0 Å². The van der Waals surface area contributed by atoms with Crippen LogP contribution in [0.5, 0.6) is 5.75 Å². The lowest BCUT2D eigenvalue weighted by molar-refractivity contribution is 0.0956. The molecule has 0 aliphatic carbocycles. The molecule has 4 aromatic rings. The van der Waals surface area contributed by atoms with Crippen molar-refractivity contribution in [2.24, 2.45) is 5.10 Å². The average Bonchev–Trinajstić information content (AvgIpc) is 2.77. The summed E-state index contributed by atoms with van der Waals surface area (Å²) < 4.78 is 0. The van der Waals surface area contributed by atoms with Gasteiger partial charge in [0.15, 0.2) is 0 Å². The number of nitrogens with zero attached hydrogens (tertiary/aromatic N) is 2. The fourth-order valence-corrected chi connectivity index (χ4v) is 3.20. The van der Waals surface area contributed by atoms with Gasteiger partial charge < -0.3 is 5.11 Å². The first kappa shape index (κ1) is 19.3. The Kier molecular flexibility index (Phi) is 5.26. The lowest BCUT2D eigenvalue weighted by Crippen LogP contribution is -2.20. The summed E-state index contributed by atoms with van der Waals surface area (Å²) in [5.74, 6) is -0.123. The molecule has 0 spiro atoms. The highest BCUT2D eigenvalue weighted by atomic mass is 16.3. The van der Waals surface area contributed by atoms with E-state index in [0.717, 1.165) is 33.3 Å². The first-order valence-electron chi connectivity index (χ1n) is 9.62. The third kappa shape index (κ3) is 4.05. The Bertz CT molecular complexity index is 1240. The van der Waals surface area contributed by atoms with Crippen LogP contribution in [0.1, 0.15) is 28.4 Å². The minimum Gasteiger partial charge on any atom is -0.508 e. The number of hydrogen-bond acceptors (Lipinski definition) is 4. The minimum atomic E-state index is -0.305. The van der Waals surface area contributed by atoms with Gasteiger partial charge in [-0.15, -0.1) is 0 Å². The zero-order chi connectivity index (χ0) is 21.1. The van der Waals surface area contributed by atoms with E-state index >= 15 is 0 Å². The number of carbonyl (C=O) groups excluding carboxylic acids is 1. The van der Waals surface area contributed by atoms with E-state index in [9.17, 15) is 9.90 Å². The molecule has 1 amide bonds. The van der Waals surface area contributed by atoms with Crippen LogP contribution < -0.4 is 5.43 Å². The maximum absolute atomic E-state index is 13.0. The topological polar surface area (TPSA) is 74.6 Å². The SMILES string of the molecule is C/C(=N\NC(=O)c1cc(-c2ccc(C)cc2)nc2ccccc12)c1ccc(O)cc1. The van der Waals surface area contributed by atoms with Crippen molar-refractivity contribution >= 4 is 22.5 Å². The third-order valence-electron chi connectivity index (χ3n) is 4.92. The molecule has 0 aliphatic rings. The predicted molar refractivity (Wildman–Crippen MR) is 120 cm³/mol. The fourth-order valence-electron chi connectivity index (χ4n) is 3.20. The van der Waals surface area contributed by atoms with Crippen LogP contribution in [-0.2, 0) is 0 Å². The molecule has 5 heteroatoms. The summed E-state index contributed by atoms with van der Waals surface area (Å²) in [7, 11) is 0. The van der Waals surface area contributed by atoms with Gasteiger partial charge in [-0.1, -0.05) is 48.0 Å². The van der Waals surface area contributed by atoms with Gasteiger partial charge in [0.1, 0.15) is 5.75 Å². The van der Waals surface area contributed by atoms with Crippen LogP contribution in [0, 0.1) is 6.92 Å². The number of phenols is 1. The number of hydrogen-bond donors (Lipinski definition) is 2. The summed E-state index contributed by atoms with van der Waals surface area (Å²) in [6.07, 6.45) is 0. The van der Waals surface area contributed by atoms with Gasteiger partial charge in [0, 0.05) is 10.9 Å². The molecule has 3 aromatic carbocycles. The molecule has 30 heavy (non-hydrogen) atoms. The lowest BCUT2D eigenvalue weighted by atomic mass is 10.0. The normalized spacial score (nSPS) is 11.5. The minimum absolute atomic E-state index is 0.183. The maximum Gasteiger partial charge on any atom is 0.272 e. The summed E-state index contributed by atoms with van der Waals surface area (Å²) in [6.45, 7) is 3.83. The fraction of sp³-hybridized carbons (Fsp3) is 0.0800. The second kappa shape index (κ2) is 8.17. The number of aromatic nitrogens is 1. The smallest absolute Gasteiger partial charge is 0.272 e. The molecule has 0 saturated carbocycles. The molecule has 4 rings (SSSR count). The quantitative estimate of drug-likeness (QED) is 0.374. The highest BCUT2D eigenvalue weighted by Crippen LogP contribution is 2.25. The second-order valence-corrected chi connectivity index (χ2v) is 7.12. The Balaban J connectivity index is 1.70. The number of carbonyl (C=O) groups is 1. The van der Waals surface area contributed by atoms with Gasteiger partial charge in [-0.25, -0.2) is 10.4 Å². The number of pyridine rings is 1. The molecule has 0 bridgehead atoms. The molecule has 5 nitrogen and oxygen atoms in total. The van der Waals surface area contributed by atoms with Crippen molar-refractivity contribution in [1.29, 1.82) is 0 Å². The van der Waals surface area contributed by atoms with Gasteiger partial charge in [-0.3, -0.25) is 4.79 Å². The summed E-state index contributed by atoms with van der Waals surface area (Å²) in [5.41, 5.74) is 8.21. The van der Waals surface area contributed by atoms with Crippen LogP contribution in [0.25, 0.3) is 22.2 Å². The van der Waals surface area contributed by atoms with Crippen molar-refractivity contribution in [1.82, 2.24) is 10.4 Å². The molecule has 1 heterocycles. The number of fused-ring (bicyclic) bond motifs is 1. The molecule has 0 saturated heterocycles. The second-order valence-electron chi connectivity index (χ2n) is 7.12. The number of aryl methyl sites for hydroxylation is 1. The molecular formula is C25H21N3O2. The van der Waals surface area contributed by atoms with Crippen LogP contribution in [0.4, 0.5) is 0 Å². The largest absolute Gasteiger partial charge is 0.508 e. The Hall–Kier alpha value is -3.99. The van der Waals surface area contributed by atoms with Gasteiger partial charge in [0.05, 0.1) is 22.5 Å². The number of nitrogens with one attached hydrogen (secondary N) is 1. The zero-order valence-corrected chi connectivity index (χ0v) is 16.8. The molecule has 1 aromatic heterocycles. The van der Waals surface area contributed by atoms with Gasteiger partial charge in [-0.05, 0) is 55.8 Å². The summed E-state index contributed by atoms with van der Waals surface area (Å²) in [6, 6.07) is 24.1. The Morgan fingerprint density at radius 3 is 2.40 bits per heavy atom. The monoisotopic (exact) mass is 395 g/mol. The Labute approximate surface area is 174 Å². The molecular weight excluding hydrogens is 374 g/mol. The van der Waals surface area contributed by atoms with Crippen molar-refractivity contribution < 1.29 is 9.90 Å². The van der Waals surface area contributed by atoms with E-state index < -0.39 is 0 Å². The zero-order valence-electron chi connectivity index (χ0n) is 16.8. The number of para-hydroxylation sites is 1. The third-order valence-corrected chi connectivity index (χ3v) is 4.92. The molecule has 0 fully saturated rings. The van der Waals surface area contributed by atoms with Crippen molar-refractivity contribution in [2.75, 3.05) is 0 Å². The molecule has 148 valence electrons. The van der Waals surface area contributed by atoms with Crippen molar-refractivity contribution in [2.45, 2.75) is 13.8 Å². The number of amides is 1. The van der Waals surface area contributed by atoms with Gasteiger partial charge in [0.2, 0.25) is 0 Å². The number of hydrazone groups is 1. The summed E-state index contributed by atoms with van der Waals surface area (Å²) >= 11 is 0. The maximum atomic E-state index is 13.0. The first-order valence-corrected chi connectivity index (χ1v) is 9.62. The van der Waals surface area contributed by atoms with Gasteiger partial charge in [-0.2, -0.15) is 5.10 Å². The van der Waals surface area contributed by atoms with E-state index in [1.165, 1.54) is 0 Å². The van der Waals surface area contributed by atoms with Gasteiger partial charge in [0.25, 0.3) is 5.91 Å². The molecule has 0 atom stereocenters. The standard InChI is InChI=1S/C25H21N3O2/c1-16-7-9-19(10-8-16)24-15-22(21-5-3-4-6-23(21)26-24)25(30)28-27-17(2)18-11-13-20(29)14-12-18/h3-15,29H,1-2H3,(H,28,30)/b27-17+. The van der Waals surface area contributed by atoms with Crippen molar-refractivity contribution in [3.8, 4) is 17.0 Å². The number of aromatic hydroxyl groups is 1. The molecule has 2 N–H and O–H groups in total. The van der Waals surface area contributed by atoms with E-state index in [2.05, 4.69) is 10.5 Å². The van der Waals surface area contributed by atoms with E-state index in [-0.39, 0.29) is 11.7 Å². The van der Waals surface area contributed by atoms with Gasteiger partial charge >= 0.3 is 0 Å². The predicted octanol–water partition coefficient (Wildman–Crippen LogP) is 5.07. The Morgan fingerprint density at radius 2 is 1.67 bits per heavy atom. The van der Waals surface area contributed by atoms with E-state index in [4.69, 9.17) is 4.98 Å². The summed E-state index contributed by atoms with van der Waals surface area (Å²) in [4.78, 5) is 17.7. The molecule has 0 unspecified atom stereocenters. The highest BCUT2D eigenvalue weighted by molar-refractivity contribution is 6.08.